The number of para-hydroxylation sites is 2. The summed E-state index contributed by atoms with van der Waals surface area (Å²) < 4.78 is 2.40. The van der Waals surface area contributed by atoms with E-state index in [1.807, 2.05) is 0 Å². The van der Waals surface area contributed by atoms with Crippen molar-refractivity contribution in [3.05, 3.63) is 224 Å². The predicted molar refractivity (Wildman–Crippen MR) is 260 cm³/mol. The van der Waals surface area contributed by atoms with E-state index in [9.17, 15) is 0 Å². The molecular formula is C58H37N3Si. The topological polar surface area (TPSA) is 30.7 Å². The van der Waals surface area contributed by atoms with Crippen LogP contribution in [-0.2, 0) is 0 Å². The lowest BCUT2D eigenvalue weighted by molar-refractivity contribution is 1.18. The lowest BCUT2D eigenvalue weighted by Gasteiger charge is -2.31. The summed E-state index contributed by atoms with van der Waals surface area (Å²) in [5.41, 5.74) is 16.3. The van der Waals surface area contributed by atoms with Gasteiger partial charge in [0.25, 0.3) is 0 Å². The van der Waals surface area contributed by atoms with Crippen LogP contribution in [0.2, 0.25) is 0 Å². The number of aromatic nitrogens is 3. The molecule has 1 unspecified atom stereocenters. The number of fused-ring (bicyclic) bond motifs is 13. The molecule has 0 aliphatic carbocycles. The molecule has 9 aromatic carbocycles. The second-order valence-electron chi connectivity index (χ2n) is 16.4. The Labute approximate surface area is 360 Å². The van der Waals surface area contributed by atoms with Crippen molar-refractivity contribution in [2.75, 3.05) is 0 Å². The van der Waals surface area contributed by atoms with Crippen molar-refractivity contribution in [1.82, 2.24) is 14.5 Å². The maximum atomic E-state index is 5.47. The van der Waals surface area contributed by atoms with Gasteiger partial charge in [0.05, 0.1) is 22.4 Å². The molecule has 0 saturated carbocycles. The molecule has 2 aliphatic heterocycles. The fourth-order valence-electron chi connectivity index (χ4n) is 10.8. The van der Waals surface area contributed by atoms with Crippen LogP contribution in [0.3, 0.4) is 0 Å². The maximum absolute atomic E-state index is 5.47. The first-order chi connectivity index (χ1) is 30.8. The van der Waals surface area contributed by atoms with Crippen molar-refractivity contribution in [1.29, 1.82) is 0 Å². The van der Waals surface area contributed by atoms with Crippen LogP contribution in [0.15, 0.2) is 224 Å². The van der Waals surface area contributed by atoms with Crippen LogP contribution in [0.4, 0.5) is 0 Å². The summed E-state index contributed by atoms with van der Waals surface area (Å²) in [5.74, 6) is 0.751. The molecule has 3 nitrogen and oxygen atoms in total. The normalized spacial score (nSPS) is 14.5. The molecule has 0 N–H and O–H groups in total. The number of nitrogens with zero attached hydrogens (tertiary/aromatic N) is 3. The molecule has 0 amide bonds. The third-order valence-corrected chi connectivity index (χ3v) is 18.3. The van der Waals surface area contributed by atoms with E-state index in [-0.39, 0.29) is 0 Å². The molecule has 0 bridgehead atoms. The molecule has 2 aliphatic rings. The van der Waals surface area contributed by atoms with Crippen molar-refractivity contribution in [2.45, 2.75) is 0 Å². The summed E-state index contributed by atoms with van der Waals surface area (Å²) in [7, 11) is -3.02. The second-order valence-corrected chi connectivity index (χ2v) is 20.0. The molecule has 11 aromatic rings. The Bertz CT molecular complexity index is 3450. The van der Waals surface area contributed by atoms with E-state index >= 15 is 0 Å². The van der Waals surface area contributed by atoms with E-state index in [1.165, 1.54) is 75.9 Å². The van der Waals surface area contributed by atoms with Crippen molar-refractivity contribution in [3.63, 3.8) is 0 Å². The van der Waals surface area contributed by atoms with Crippen LogP contribution in [-0.4, -0.2) is 22.6 Å². The van der Waals surface area contributed by atoms with Crippen LogP contribution in [0.5, 0.6) is 0 Å². The number of rotatable bonds is 5. The Kier molecular flexibility index (Phi) is 7.62. The number of hydrogen-bond donors (Lipinski definition) is 0. The highest BCUT2D eigenvalue weighted by Gasteiger charge is 2.56. The summed E-state index contributed by atoms with van der Waals surface area (Å²) in [6, 6.07) is 82.1. The zero-order valence-corrected chi connectivity index (χ0v) is 34.7. The molecule has 2 aromatic heterocycles. The van der Waals surface area contributed by atoms with Gasteiger partial charge in [0.2, 0.25) is 0 Å². The molecule has 4 heteroatoms. The van der Waals surface area contributed by atoms with Gasteiger partial charge in [-0.2, -0.15) is 0 Å². The van der Waals surface area contributed by atoms with Crippen LogP contribution < -0.4 is 20.7 Å². The van der Waals surface area contributed by atoms with E-state index in [2.05, 4.69) is 229 Å². The van der Waals surface area contributed by atoms with Gasteiger partial charge in [-0.3, -0.25) is 0 Å². The van der Waals surface area contributed by atoms with Crippen molar-refractivity contribution < 1.29 is 0 Å². The van der Waals surface area contributed by atoms with Gasteiger partial charge >= 0.3 is 0 Å². The standard InChI is InChI=1S/C58H37N3Si/c1-3-17-39(18-4-1)50-37-51(40-19-5-2-6-20-40)60-58(59-50)49-28-16-27-48-46-24-10-14-32-55(46)62(57(48)49)54-31-13-9-23-45(54)47-26-15-25-42(56(47)62)38-33-35-41(36-34-38)61-52-29-11-7-21-43(52)44-22-8-12-30-53(44)61/h1-37H. The highest BCUT2D eigenvalue weighted by molar-refractivity contribution is 7.25. The van der Waals surface area contributed by atoms with Crippen LogP contribution in [0.25, 0.3) is 94.8 Å². The van der Waals surface area contributed by atoms with Gasteiger partial charge in [0.15, 0.2) is 13.9 Å². The minimum Gasteiger partial charge on any atom is -0.309 e. The lowest BCUT2D eigenvalue weighted by atomic mass is 9.99. The molecular weight excluding hydrogens is 767 g/mol. The highest BCUT2D eigenvalue weighted by Crippen LogP contribution is 2.42. The van der Waals surface area contributed by atoms with Gasteiger partial charge in [-0.05, 0) is 84.5 Å². The van der Waals surface area contributed by atoms with Gasteiger partial charge < -0.3 is 4.57 Å². The molecule has 62 heavy (non-hydrogen) atoms. The van der Waals surface area contributed by atoms with E-state index in [0.717, 1.165) is 39.6 Å². The minimum atomic E-state index is -3.02. The lowest BCUT2D eigenvalue weighted by Crippen LogP contribution is -2.71. The molecule has 288 valence electrons. The molecule has 4 heterocycles. The fraction of sp³-hybridized carbons (Fsp3) is 0. The highest BCUT2D eigenvalue weighted by atomic mass is 28.3. The summed E-state index contributed by atoms with van der Waals surface area (Å²) in [5, 5.41) is 8.18. The van der Waals surface area contributed by atoms with Gasteiger partial charge in [0.1, 0.15) is 0 Å². The summed E-state index contributed by atoms with van der Waals surface area (Å²) >= 11 is 0. The number of hydrogen-bond acceptors (Lipinski definition) is 2. The molecule has 1 spiro atoms. The number of benzene rings is 9. The largest absolute Gasteiger partial charge is 0.309 e. The van der Waals surface area contributed by atoms with Gasteiger partial charge in [0, 0.05) is 33.2 Å². The Morgan fingerprint density at radius 1 is 0.323 bits per heavy atom. The van der Waals surface area contributed by atoms with Gasteiger partial charge in [-0.15, -0.1) is 0 Å². The fourth-order valence-corrected chi connectivity index (χ4v) is 16.8. The van der Waals surface area contributed by atoms with Crippen LogP contribution in [0.1, 0.15) is 0 Å². The first-order valence-electron chi connectivity index (χ1n) is 21.3. The van der Waals surface area contributed by atoms with Crippen LogP contribution >= 0.6 is 0 Å². The van der Waals surface area contributed by atoms with E-state index < -0.39 is 8.07 Å². The Morgan fingerprint density at radius 3 is 1.32 bits per heavy atom. The smallest absolute Gasteiger partial charge is 0.183 e. The average molecular weight is 804 g/mol. The van der Waals surface area contributed by atoms with E-state index in [1.54, 1.807) is 0 Å². The van der Waals surface area contributed by atoms with Gasteiger partial charge in [-0.25, -0.2) is 9.97 Å². The van der Waals surface area contributed by atoms with E-state index in [4.69, 9.17) is 9.97 Å². The third kappa shape index (κ3) is 4.93. The van der Waals surface area contributed by atoms with Crippen molar-refractivity contribution in [2.24, 2.45) is 0 Å². The predicted octanol–water partition coefficient (Wildman–Crippen LogP) is 11.6. The second kappa shape index (κ2) is 13.5. The first-order valence-corrected chi connectivity index (χ1v) is 23.3. The molecule has 0 fully saturated rings. The van der Waals surface area contributed by atoms with Crippen molar-refractivity contribution >= 4 is 50.6 Å². The maximum Gasteiger partial charge on any atom is 0.183 e. The SMILES string of the molecule is c1ccc(-c2cc(-c3ccccc3)nc(-c3cccc4c3[Si]3(c5ccccc5-c5cccc(-c6ccc(-n7c8ccccc8c8ccccc87)cc6)c53)c3ccccc3-4)n2)cc1. The van der Waals surface area contributed by atoms with Crippen LogP contribution in [0, 0.1) is 0 Å². The Morgan fingerprint density at radius 2 is 0.758 bits per heavy atom. The molecule has 1 atom stereocenters. The Hall–Kier alpha value is -7.92. The molecule has 0 saturated heterocycles. The summed E-state index contributed by atoms with van der Waals surface area (Å²) in [6.45, 7) is 0. The third-order valence-electron chi connectivity index (χ3n) is 13.2. The molecule has 0 radical (unpaired) electrons. The zero-order chi connectivity index (χ0) is 40.8. The molecule has 13 rings (SSSR count). The minimum absolute atomic E-state index is 0.751. The summed E-state index contributed by atoms with van der Waals surface area (Å²) in [6.07, 6.45) is 0. The van der Waals surface area contributed by atoms with Crippen molar-refractivity contribution in [3.8, 4) is 73.0 Å². The quantitative estimate of drug-likeness (QED) is 0.162. The first kappa shape index (κ1) is 34.9. The monoisotopic (exact) mass is 803 g/mol. The van der Waals surface area contributed by atoms with E-state index in [0.29, 0.717) is 0 Å². The Balaban J connectivity index is 1.07. The zero-order valence-electron chi connectivity index (χ0n) is 33.7. The van der Waals surface area contributed by atoms with Gasteiger partial charge in [-0.1, -0.05) is 194 Å². The average Bonchev–Trinajstić information content (AvgIpc) is 3.96. The summed E-state index contributed by atoms with van der Waals surface area (Å²) in [4.78, 5) is 10.9.